The summed E-state index contributed by atoms with van der Waals surface area (Å²) in [6.07, 6.45) is 6.67. The van der Waals surface area contributed by atoms with Gasteiger partial charge in [0.05, 0.1) is 31.0 Å². The Hall–Kier alpha value is -1.62. The van der Waals surface area contributed by atoms with Crippen molar-refractivity contribution in [2.45, 2.75) is 6.54 Å². The van der Waals surface area contributed by atoms with Gasteiger partial charge in [0.1, 0.15) is 11.0 Å². The van der Waals surface area contributed by atoms with Gasteiger partial charge in [-0.2, -0.15) is 0 Å². The highest BCUT2D eigenvalue weighted by Gasteiger charge is 1.99. The van der Waals surface area contributed by atoms with Gasteiger partial charge in [0, 0.05) is 13.2 Å². The molecule has 0 amide bonds. The van der Waals surface area contributed by atoms with E-state index in [2.05, 4.69) is 20.3 Å². The molecule has 0 atom stereocenters. The Morgan fingerprint density at radius 2 is 2.20 bits per heavy atom. The van der Waals surface area contributed by atoms with Crippen LogP contribution >= 0.6 is 11.6 Å². The van der Waals surface area contributed by atoms with Crippen molar-refractivity contribution in [2.75, 3.05) is 5.32 Å². The number of hydrogen-bond donors (Lipinski definition) is 1. The van der Waals surface area contributed by atoms with Crippen molar-refractivity contribution in [3.63, 3.8) is 0 Å². The van der Waals surface area contributed by atoms with E-state index in [4.69, 9.17) is 11.6 Å². The van der Waals surface area contributed by atoms with Gasteiger partial charge in [-0.3, -0.25) is 4.98 Å². The summed E-state index contributed by atoms with van der Waals surface area (Å²) in [7, 11) is 1.94. The topological polar surface area (TPSA) is 55.6 Å². The average molecular weight is 224 g/mol. The summed E-state index contributed by atoms with van der Waals surface area (Å²) >= 11 is 5.71. The first-order valence-corrected chi connectivity index (χ1v) is 4.80. The molecule has 0 saturated heterocycles. The van der Waals surface area contributed by atoms with Gasteiger partial charge in [-0.1, -0.05) is 11.6 Å². The zero-order valence-electron chi connectivity index (χ0n) is 8.18. The van der Waals surface area contributed by atoms with E-state index in [9.17, 15) is 0 Å². The molecular weight excluding hydrogens is 214 g/mol. The Bertz CT molecular complexity index is 453. The number of halogens is 1. The van der Waals surface area contributed by atoms with Crippen LogP contribution < -0.4 is 5.32 Å². The number of rotatable bonds is 3. The number of hydrogen-bond acceptors (Lipinski definition) is 4. The first-order valence-electron chi connectivity index (χ1n) is 4.42. The van der Waals surface area contributed by atoms with E-state index >= 15 is 0 Å². The van der Waals surface area contributed by atoms with Crippen LogP contribution in [0.25, 0.3) is 0 Å². The third-order valence-electron chi connectivity index (χ3n) is 1.97. The Labute approximate surface area is 92.1 Å². The van der Waals surface area contributed by atoms with Crippen molar-refractivity contribution in [1.82, 2.24) is 19.5 Å². The van der Waals surface area contributed by atoms with Crippen molar-refractivity contribution < 1.29 is 0 Å². The predicted octanol–water partition coefficient (Wildman–Crippen LogP) is 1.48. The average Bonchev–Trinajstić information content (AvgIpc) is 2.61. The summed E-state index contributed by atoms with van der Waals surface area (Å²) < 4.78 is 1.94. The minimum atomic E-state index is 0.380. The van der Waals surface area contributed by atoms with Gasteiger partial charge in [0.25, 0.3) is 0 Å². The molecule has 5 nitrogen and oxygen atoms in total. The van der Waals surface area contributed by atoms with Crippen LogP contribution in [-0.2, 0) is 13.6 Å². The van der Waals surface area contributed by atoms with E-state index in [1.54, 1.807) is 18.7 Å². The van der Waals surface area contributed by atoms with Crippen molar-refractivity contribution in [1.29, 1.82) is 0 Å². The van der Waals surface area contributed by atoms with Crippen LogP contribution in [0.15, 0.2) is 24.9 Å². The number of imidazole rings is 1. The van der Waals surface area contributed by atoms with Crippen molar-refractivity contribution in [3.05, 3.63) is 35.8 Å². The second-order valence-electron chi connectivity index (χ2n) is 3.08. The first-order chi connectivity index (χ1) is 7.25. The van der Waals surface area contributed by atoms with Crippen LogP contribution in [0.1, 0.15) is 5.69 Å². The van der Waals surface area contributed by atoms with Crippen molar-refractivity contribution >= 4 is 17.4 Å². The van der Waals surface area contributed by atoms with Gasteiger partial charge in [-0.25, -0.2) is 9.97 Å². The van der Waals surface area contributed by atoms with Gasteiger partial charge in [-0.15, -0.1) is 0 Å². The summed E-state index contributed by atoms with van der Waals surface area (Å²) in [4.78, 5) is 12.0. The molecule has 2 rings (SSSR count). The number of aryl methyl sites for hydroxylation is 1. The molecule has 2 aromatic rings. The minimum absolute atomic E-state index is 0.380. The molecule has 1 N–H and O–H groups in total. The molecule has 6 heteroatoms. The fourth-order valence-corrected chi connectivity index (χ4v) is 1.31. The molecule has 78 valence electrons. The molecular formula is C9H10ClN5. The number of nitrogens with one attached hydrogen (secondary N) is 1. The van der Waals surface area contributed by atoms with E-state index in [-0.39, 0.29) is 0 Å². The lowest BCUT2D eigenvalue weighted by Crippen LogP contribution is -2.05. The maximum atomic E-state index is 5.71. The molecule has 0 saturated carbocycles. The smallest absolute Gasteiger partial charge is 0.149 e. The molecule has 0 aliphatic rings. The number of nitrogens with zero attached hydrogens (tertiary/aromatic N) is 4. The summed E-state index contributed by atoms with van der Waals surface area (Å²) in [5.41, 5.74) is 1.07. The molecule has 15 heavy (non-hydrogen) atoms. The summed E-state index contributed by atoms with van der Waals surface area (Å²) in [5.74, 6) is 0.656. The minimum Gasteiger partial charge on any atom is -0.363 e. The molecule has 0 radical (unpaired) electrons. The fourth-order valence-electron chi connectivity index (χ4n) is 1.16. The van der Waals surface area contributed by atoms with E-state index < -0.39 is 0 Å². The third kappa shape index (κ3) is 2.44. The molecule has 0 aliphatic heterocycles. The van der Waals surface area contributed by atoms with E-state index in [1.165, 1.54) is 6.20 Å². The van der Waals surface area contributed by atoms with Crippen LogP contribution in [0.3, 0.4) is 0 Å². The van der Waals surface area contributed by atoms with Crippen LogP contribution in [0.4, 0.5) is 5.82 Å². The van der Waals surface area contributed by atoms with Crippen LogP contribution in [0.5, 0.6) is 0 Å². The van der Waals surface area contributed by atoms with Gasteiger partial charge in [-0.05, 0) is 0 Å². The fraction of sp³-hybridized carbons (Fsp3) is 0.222. The van der Waals surface area contributed by atoms with Crippen molar-refractivity contribution in [3.8, 4) is 0 Å². The number of aromatic nitrogens is 4. The van der Waals surface area contributed by atoms with Crippen LogP contribution in [0.2, 0.25) is 5.15 Å². The molecule has 0 spiro atoms. The summed E-state index contributed by atoms with van der Waals surface area (Å²) in [5, 5.41) is 3.49. The lowest BCUT2D eigenvalue weighted by molar-refractivity contribution is 0.835. The monoisotopic (exact) mass is 223 g/mol. The standard InChI is InChI=1S/C9H10ClN5/c1-15-6-12-2-7(15)3-13-9-5-11-4-8(10)14-9/h2,4-6H,3H2,1H3,(H,13,14). The normalized spacial score (nSPS) is 10.3. The molecule has 0 fully saturated rings. The van der Waals surface area contributed by atoms with E-state index in [1.807, 2.05) is 11.6 Å². The third-order valence-corrected chi connectivity index (χ3v) is 2.15. The SMILES string of the molecule is Cn1cncc1CNc1cncc(Cl)n1. The van der Waals surface area contributed by atoms with Gasteiger partial charge in [0.2, 0.25) is 0 Å². The maximum absolute atomic E-state index is 5.71. The maximum Gasteiger partial charge on any atom is 0.149 e. The lowest BCUT2D eigenvalue weighted by atomic mass is 10.4. The quantitative estimate of drug-likeness (QED) is 0.856. The largest absolute Gasteiger partial charge is 0.363 e. The first kappa shape index (κ1) is 9.92. The molecule has 0 aliphatic carbocycles. The predicted molar refractivity (Wildman–Crippen MR) is 57.6 cm³/mol. The Balaban J connectivity index is 2.02. The highest BCUT2D eigenvalue weighted by Crippen LogP contribution is 2.08. The Kier molecular flexibility index (Phi) is 2.82. The molecule has 2 heterocycles. The van der Waals surface area contributed by atoms with Crippen LogP contribution in [0, 0.1) is 0 Å². The number of anilines is 1. The summed E-state index contributed by atoms with van der Waals surface area (Å²) in [6.45, 7) is 0.644. The molecule has 0 unspecified atom stereocenters. The zero-order valence-corrected chi connectivity index (χ0v) is 8.94. The molecule has 0 aromatic carbocycles. The summed E-state index contributed by atoms with van der Waals surface area (Å²) in [6, 6.07) is 0. The lowest BCUT2D eigenvalue weighted by Gasteiger charge is -2.05. The molecule has 2 aromatic heterocycles. The highest BCUT2D eigenvalue weighted by atomic mass is 35.5. The second-order valence-corrected chi connectivity index (χ2v) is 3.46. The highest BCUT2D eigenvalue weighted by molar-refractivity contribution is 6.29. The van der Waals surface area contributed by atoms with Gasteiger partial charge >= 0.3 is 0 Å². The van der Waals surface area contributed by atoms with Gasteiger partial charge < -0.3 is 9.88 Å². The Morgan fingerprint density at radius 3 is 2.87 bits per heavy atom. The van der Waals surface area contributed by atoms with Gasteiger partial charge in [0.15, 0.2) is 0 Å². The molecule has 0 bridgehead atoms. The van der Waals surface area contributed by atoms with Crippen molar-refractivity contribution in [2.24, 2.45) is 7.05 Å². The Morgan fingerprint density at radius 1 is 1.33 bits per heavy atom. The van der Waals surface area contributed by atoms with E-state index in [0.29, 0.717) is 17.5 Å². The van der Waals surface area contributed by atoms with Crippen LogP contribution in [-0.4, -0.2) is 19.5 Å². The zero-order chi connectivity index (χ0) is 10.7. The second kappa shape index (κ2) is 4.27. The van der Waals surface area contributed by atoms with E-state index in [0.717, 1.165) is 5.69 Å².